The first-order chi connectivity index (χ1) is 10.1. The summed E-state index contributed by atoms with van der Waals surface area (Å²) in [5.41, 5.74) is 1.05. The second-order valence-electron chi connectivity index (χ2n) is 6.33. The molecular weight excluding hydrogens is 284 g/mol. The normalized spacial score (nSPS) is 22.5. The second kappa shape index (κ2) is 8.00. The number of nitrogens with zero attached hydrogens (tertiary/aromatic N) is 1. The number of ether oxygens (including phenoxy) is 1. The Hall–Kier alpha value is -0.800. The van der Waals surface area contributed by atoms with Gasteiger partial charge in [-0.15, -0.1) is 0 Å². The van der Waals surface area contributed by atoms with Crippen molar-refractivity contribution in [3.63, 3.8) is 0 Å². The third-order valence-electron chi connectivity index (χ3n) is 4.21. The summed E-state index contributed by atoms with van der Waals surface area (Å²) in [6, 6.07) is 2.41. The standard InChI is InChI=1S/C17H27ClN2O/c1-4-13-6-5-7-15(8-13)21-17-9-14(10-19-12(2)3)16(18)11-20-17/h9,11-13,15,19H,4-8,10H2,1-3H3. The van der Waals surface area contributed by atoms with E-state index in [1.54, 1.807) is 6.20 Å². The molecule has 0 aliphatic heterocycles. The topological polar surface area (TPSA) is 34.1 Å². The van der Waals surface area contributed by atoms with E-state index in [0.717, 1.165) is 30.9 Å². The fourth-order valence-corrected chi connectivity index (χ4v) is 3.03. The van der Waals surface area contributed by atoms with E-state index in [1.165, 1.54) is 19.3 Å². The van der Waals surface area contributed by atoms with Crippen LogP contribution in [0.3, 0.4) is 0 Å². The molecule has 0 aromatic carbocycles. The smallest absolute Gasteiger partial charge is 0.213 e. The van der Waals surface area contributed by atoms with Crippen molar-refractivity contribution in [1.29, 1.82) is 0 Å². The summed E-state index contributed by atoms with van der Waals surface area (Å²) in [5.74, 6) is 1.51. The lowest BCUT2D eigenvalue weighted by molar-refractivity contribution is 0.117. The van der Waals surface area contributed by atoms with Gasteiger partial charge in [0.05, 0.1) is 5.02 Å². The number of hydrogen-bond acceptors (Lipinski definition) is 3. The zero-order valence-corrected chi connectivity index (χ0v) is 14.1. The number of hydrogen-bond donors (Lipinski definition) is 1. The van der Waals surface area contributed by atoms with E-state index in [2.05, 4.69) is 31.1 Å². The number of aromatic nitrogens is 1. The molecule has 2 unspecified atom stereocenters. The van der Waals surface area contributed by atoms with Gasteiger partial charge in [0.25, 0.3) is 0 Å². The van der Waals surface area contributed by atoms with Gasteiger partial charge in [-0.05, 0) is 30.7 Å². The summed E-state index contributed by atoms with van der Waals surface area (Å²) in [6.45, 7) is 7.26. The van der Waals surface area contributed by atoms with Crippen LogP contribution in [0.5, 0.6) is 5.88 Å². The minimum Gasteiger partial charge on any atom is -0.474 e. The van der Waals surface area contributed by atoms with Crippen LogP contribution in [0.2, 0.25) is 5.02 Å². The van der Waals surface area contributed by atoms with E-state index in [4.69, 9.17) is 16.3 Å². The van der Waals surface area contributed by atoms with Crippen LogP contribution in [0.4, 0.5) is 0 Å². The molecule has 0 radical (unpaired) electrons. The highest BCUT2D eigenvalue weighted by atomic mass is 35.5. The Bertz CT molecular complexity index is 450. The van der Waals surface area contributed by atoms with Crippen molar-refractivity contribution >= 4 is 11.6 Å². The van der Waals surface area contributed by atoms with Crippen LogP contribution in [-0.2, 0) is 6.54 Å². The molecule has 21 heavy (non-hydrogen) atoms. The molecule has 1 aromatic rings. The van der Waals surface area contributed by atoms with Crippen molar-refractivity contribution in [3.8, 4) is 5.88 Å². The molecule has 1 heterocycles. The Morgan fingerprint density at radius 2 is 2.24 bits per heavy atom. The van der Waals surface area contributed by atoms with Crippen LogP contribution in [0.1, 0.15) is 58.4 Å². The predicted octanol–water partition coefficient (Wildman–Crippen LogP) is 4.58. The Labute approximate surface area is 133 Å². The van der Waals surface area contributed by atoms with Gasteiger partial charge in [-0.1, -0.05) is 45.2 Å². The van der Waals surface area contributed by atoms with Gasteiger partial charge in [-0.2, -0.15) is 0 Å². The number of pyridine rings is 1. The van der Waals surface area contributed by atoms with Crippen LogP contribution in [-0.4, -0.2) is 17.1 Å². The van der Waals surface area contributed by atoms with Gasteiger partial charge in [-0.3, -0.25) is 0 Å². The predicted molar refractivity (Wildman–Crippen MR) is 87.9 cm³/mol. The Balaban J connectivity index is 1.98. The first-order valence-electron chi connectivity index (χ1n) is 8.13. The second-order valence-corrected chi connectivity index (χ2v) is 6.74. The number of halogens is 1. The van der Waals surface area contributed by atoms with E-state index in [1.807, 2.05) is 6.07 Å². The fraction of sp³-hybridized carbons (Fsp3) is 0.706. The summed E-state index contributed by atoms with van der Waals surface area (Å²) in [5, 5.41) is 4.08. The summed E-state index contributed by atoms with van der Waals surface area (Å²) in [6.07, 6.45) is 8.15. The van der Waals surface area contributed by atoms with E-state index in [0.29, 0.717) is 23.0 Å². The molecule has 1 N–H and O–H groups in total. The molecule has 2 rings (SSSR count). The fourth-order valence-electron chi connectivity index (χ4n) is 2.86. The van der Waals surface area contributed by atoms with Gasteiger partial charge in [0, 0.05) is 24.8 Å². The van der Waals surface area contributed by atoms with Gasteiger partial charge in [0.2, 0.25) is 5.88 Å². The molecule has 0 saturated heterocycles. The third-order valence-corrected chi connectivity index (χ3v) is 4.55. The maximum absolute atomic E-state index is 6.21. The average molecular weight is 311 g/mol. The lowest BCUT2D eigenvalue weighted by Crippen LogP contribution is -2.25. The molecule has 1 saturated carbocycles. The van der Waals surface area contributed by atoms with Gasteiger partial charge in [-0.25, -0.2) is 4.98 Å². The average Bonchev–Trinajstić information content (AvgIpc) is 2.48. The summed E-state index contributed by atoms with van der Waals surface area (Å²) >= 11 is 6.21. The molecule has 0 bridgehead atoms. The van der Waals surface area contributed by atoms with E-state index < -0.39 is 0 Å². The molecule has 0 amide bonds. The van der Waals surface area contributed by atoms with E-state index in [9.17, 15) is 0 Å². The van der Waals surface area contributed by atoms with Crippen LogP contribution in [0, 0.1) is 5.92 Å². The van der Waals surface area contributed by atoms with Crippen molar-refractivity contribution in [2.45, 2.75) is 71.6 Å². The van der Waals surface area contributed by atoms with E-state index in [-0.39, 0.29) is 0 Å². The van der Waals surface area contributed by atoms with Crippen LogP contribution < -0.4 is 10.1 Å². The molecule has 0 spiro atoms. The van der Waals surface area contributed by atoms with Crippen LogP contribution >= 0.6 is 11.6 Å². The number of nitrogens with one attached hydrogen (secondary N) is 1. The Morgan fingerprint density at radius 3 is 2.95 bits per heavy atom. The van der Waals surface area contributed by atoms with Crippen LogP contribution in [0.15, 0.2) is 12.3 Å². The SMILES string of the molecule is CCC1CCCC(Oc2cc(CNC(C)C)c(Cl)cn2)C1. The Kier molecular flexibility index (Phi) is 6.31. The zero-order valence-electron chi connectivity index (χ0n) is 13.4. The molecule has 1 aliphatic rings. The highest BCUT2D eigenvalue weighted by molar-refractivity contribution is 6.31. The zero-order chi connectivity index (χ0) is 15.2. The third kappa shape index (κ3) is 5.15. The molecule has 2 atom stereocenters. The summed E-state index contributed by atoms with van der Waals surface area (Å²) in [4.78, 5) is 4.33. The van der Waals surface area contributed by atoms with Crippen molar-refractivity contribution < 1.29 is 4.74 Å². The highest BCUT2D eigenvalue weighted by Gasteiger charge is 2.22. The first-order valence-corrected chi connectivity index (χ1v) is 8.50. The van der Waals surface area contributed by atoms with Crippen molar-refractivity contribution in [2.75, 3.05) is 0 Å². The Morgan fingerprint density at radius 1 is 1.43 bits per heavy atom. The first kappa shape index (κ1) is 16.6. The van der Waals surface area contributed by atoms with Crippen LogP contribution in [0.25, 0.3) is 0 Å². The van der Waals surface area contributed by atoms with Gasteiger partial charge in [0.15, 0.2) is 0 Å². The monoisotopic (exact) mass is 310 g/mol. The van der Waals surface area contributed by atoms with Gasteiger partial charge in [0.1, 0.15) is 6.10 Å². The maximum atomic E-state index is 6.21. The molecule has 1 aliphatic carbocycles. The minimum atomic E-state index is 0.309. The molecule has 118 valence electrons. The lowest BCUT2D eigenvalue weighted by Gasteiger charge is -2.28. The van der Waals surface area contributed by atoms with Crippen molar-refractivity contribution in [1.82, 2.24) is 10.3 Å². The van der Waals surface area contributed by atoms with Gasteiger partial charge < -0.3 is 10.1 Å². The van der Waals surface area contributed by atoms with Crippen molar-refractivity contribution in [2.24, 2.45) is 5.92 Å². The summed E-state index contributed by atoms with van der Waals surface area (Å²) in [7, 11) is 0. The molecular formula is C17H27ClN2O. The molecule has 1 fully saturated rings. The minimum absolute atomic E-state index is 0.309. The highest BCUT2D eigenvalue weighted by Crippen LogP contribution is 2.30. The quantitative estimate of drug-likeness (QED) is 0.835. The lowest BCUT2D eigenvalue weighted by atomic mass is 9.85. The molecule has 3 nitrogen and oxygen atoms in total. The maximum Gasteiger partial charge on any atom is 0.213 e. The van der Waals surface area contributed by atoms with E-state index >= 15 is 0 Å². The molecule has 4 heteroatoms. The number of rotatable bonds is 6. The largest absolute Gasteiger partial charge is 0.474 e. The summed E-state index contributed by atoms with van der Waals surface area (Å²) < 4.78 is 6.09. The molecule has 1 aromatic heterocycles. The van der Waals surface area contributed by atoms with Crippen molar-refractivity contribution in [3.05, 3.63) is 22.8 Å². The van der Waals surface area contributed by atoms with Gasteiger partial charge >= 0.3 is 0 Å².